The molecule has 0 unspecified atom stereocenters. The molecule has 0 amide bonds. The van der Waals surface area contributed by atoms with Gasteiger partial charge in [-0.05, 0) is 87.5 Å². The smallest absolute Gasteiger partial charge is 0.119 e. The Balaban J connectivity index is 1.30. The van der Waals surface area contributed by atoms with Gasteiger partial charge in [0, 0.05) is 25.0 Å². The Labute approximate surface area is 182 Å². The molecule has 0 spiro atoms. The molecule has 3 heteroatoms. The highest BCUT2D eigenvalue weighted by atomic mass is 16.5. The maximum atomic E-state index is 6.23. The number of likely N-dealkylation sites (tertiary alicyclic amines) is 1. The number of fused-ring (bicyclic) bond motifs is 3. The van der Waals surface area contributed by atoms with E-state index < -0.39 is 0 Å². The van der Waals surface area contributed by atoms with Gasteiger partial charge in [-0.1, -0.05) is 42.3 Å². The first-order valence-corrected chi connectivity index (χ1v) is 12.1. The third kappa shape index (κ3) is 4.29. The Morgan fingerprint density at radius 3 is 2.70 bits per heavy atom. The van der Waals surface area contributed by atoms with Crippen molar-refractivity contribution in [2.24, 2.45) is 0 Å². The molecule has 2 saturated heterocycles. The number of piperidine rings is 1. The zero-order valence-electron chi connectivity index (χ0n) is 18.5. The molecule has 0 saturated carbocycles. The minimum atomic E-state index is 0.474. The van der Waals surface area contributed by atoms with Crippen molar-refractivity contribution in [2.75, 3.05) is 39.3 Å². The van der Waals surface area contributed by atoms with Crippen LogP contribution < -0.4 is 4.74 Å². The predicted octanol–water partition coefficient (Wildman–Crippen LogP) is 5.53. The molecular formula is C27H36N2O. The van der Waals surface area contributed by atoms with Crippen molar-refractivity contribution in [3.8, 4) is 5.75 Å². The van der Waals surface area contributed by atoms with Crippen LogP contribution in [0.3, 0.4) is 0 Å². The molecule has 0 aromatic heterocycles. The number of ether oxygens (including phenoxy) is 1. The molecule has 0 aliphatic carbocycles. The Morgan fingerprint density at radius 1 is 0.933 bits per heavy atom. The molecule has 5 rings (SSSR count). The van der Waals surface area contributed by atoms with Crippen molar-refractivity contribution >= 4 is 0 Å². The molecular weight excluding hydrogens is 368 g/mol. The first-order valence-electron chi connectivity index (χ1n) is 12.1. The van der Waals surface area contributed by atoms with E-state index in [0.29, 0.717) is 12.0 Å². The molecule has 3 aliphatic rings. The summed E-state index contributed by atoms with van der Waals surface area (Å²) in [5.74, 6) is 1.53. The highest BCUT2D eigenvalue weighted by molar-refractivity contribution is 5.47. The molecule has 2 fully saturated rings. The van der Waals surface area contributed by atoms with Crippen molar-refractivity contribution < 1.29 is 4.74 Å². The monoisotopic (exact) mass is 404 g/mol. The first-order chi connectivity index (χ1) is 14.8. The summed E-state index contributed by atoms with van der Waals surface area (Å²) in [6.07, 6.45) is 7.86. The van der Waals surface area contributed by atoms with Gasteiger partial charge in [-0.25, -0.2) is 0 Å². The van der Waals surface area contributed by atoms with E-state index >= 15 is 0 Å². The summed E-state index contributed by atoms with van der Waals surface area (Å²) < 4.78 is 6.23. The number of hydrogen-bond acceptors (Lipinski definition) is 3. The second kappa shape index (κ2) is 9.11. The van der Waals surface area contributed by atoms with Gasteiger partial charge in [0.1, 0.15) is 5.75 Å². The molecule has 3 nitrogen and oxygen atoms in total. The summed E-state index contributed by atoms with van der Waals surface area (Å²) in [7, 11) is 0. The van der Waals surface area contributed by atoms with Crippen molar-refractivity contribution in [2.45, 2.75) is 57.4 Å². The van der Waals surface area contributed by atoms with Gasteiger partial charge in [0.15, 0.2) is 0 Å². The van der Waals surface area contributed by atoms with Crippen molar-refractivity contribution in [3.05, 3.63) is 64.7 Å². The Kier molecular flexibility index (Phi) is 6.10. The summed E-state index contributed by atoms with van der Waals surface area (Å²) in [6, 6.07) is 16.6. The highest BCUT2D eigenvalue weighted by Gasteiger charge is 2.36. The molecule has 3 heterocycles. The van der Waals surface area contributed by atoms with Crippen molar-refractivity contribution in [1.29, 1.82) is 0 Å². The summed E-state index contributed by atoms with van der Waals surface area (Å²) in [4.78, 5) is 5.30. The van der Waals surface area contributed by atoms with Crippen LogP contribution in [0.4, 0.5) is 0 Å². The number of benzene rings is 2. The van der Waals surface area contributed by atoms with Crippen molar-refractivity contribution in [3.63, 3.8) is 0 Å². The molecule has 3 aliphatic heterocycles. The summed E-state index contributed by atoms with van der Waals surface area (Å²) in [5, 5.41) is 0. The average molecular weight is 405 g/mol. The topological polar surface area (TPSA) is 15.7 Å². The average Bonchev–Trinajstić information content (AvgIpc) is 3.26. The second-order valence-corrected chi connectivity index (χ2v) is 9.51. The second-order valence-electron chi connectivity index (χ2n) is 9.51. The zero-order chi connectivity index (χ0) is 20.3. The fourth-order valence-electron chi connectivity index (χ4n) is 5.81. The summed E-state index contributed by atoms with van der Waals surface area (Å²) >= 11 is 0. The number of aryl methyl sites for hydroxylation is 1. The lowest BCUT2D eigenvalue weighted by molar-refractivity contribution is 0.204. The third-order valence-electron chi connectivity index (χ3n) is 7.35. The van der Waals surface area contributed by atoms with E-state index in [0.717, 1.165) is 25.3 Å². The normalized spacial score (nSPS) is 24.4. The maximum Gasteiger partial charge on any atom is 0.119 e. The van der Waals surface area contributed by atoms with Gasteiger partial charge < -0.3 is 9.64 Å². The largest absolute Gasteiger partial charge is 0.494 e. The van der Waals surface area contributed by atoms with Gasteiger partial charge in [-0.3, -0.25) is 4.90 Å². The summed E-state index contributed by atoms with van der Waals surface area (Å²) in [5.41, 5.74) is 5.84. The van der Waals surface area contributed by atoms with E-state index in [1.54, 1.807) is 0 Å². The van der Waals surface area contributed by atoms with E-state index in [2.05, 4.69) is 59.2 Å². The van der Waals surface area contributed by atoms with E-state index in [9.17, 15) is 0 Å². The molecule has 0 bridgehead atoms. The van der Waals surface area contributed by atoms with Crippen LogP contribution in [0.15, 0.2) is 42.5 Å². The van der Waals surface area contributed by atoms with Crippen LogP contribution >= 0.6 is 0 Å². The maximum absolute atomic E-state index is 6.23. The third-order valence-corrected chi connectivity index (χ3v) is 7.35. The van der Waals surface area contributed by atoms with E-state index in [1.165, 1.54) is 80.5 Å². The minimum Gasteiger partial charge on any atom is -0.494 e. The molecule has 2 aromatic rings. The Bertz CT molecular complexity index is 858. The summed E-state index contributed by atoms with van der Waals surface area (Å²) in [6.45, 7) is 9.13. The fraction of sp³-hybridized carbons (Fsp3) is 0.556. The number of hydrogen-bond donors (Lipinski definition) is 0. The van der Waals surface area contributed by atoms with Crippen LogP contribution in [0.5, 0.6) is 5.75 Å². The molecule has 30 heavy (non-hydrogen) atoms. The molecule has 2 aromatic carbocycles. The SMILES string of the molecule is Cc1cccc([C@H]2CN3CCC[C@H]3c3cc(OCCCN4CCCCC4)ccc32)c1. The fourth-order valence-corrected chi connectivity index (χ4v) is 5.81. The lowest BCUT2D eigenvalue weighted by atomic mass is 9.81. The van der Waals surface area contributed by atoms with Gasteiger partial charge in [0.25, 0.3) is 0 Å². The Hall–Kier alpha value is -1.84. The first kappa shape index (κ1) is 20.1. The molecule has 160 valence electrons. The van der Waals surface area contributed by atoms with E-state index in [-0.39, 0.29) is 0 Å². The van der Waals surface area contributed by atoms with Gasteiger partial charge in [0.05, 0.1) is 6.61 Å². The quantitative estimate of drug-likeness (QED) is 0.589. The zero-order valence-corrected chi connectivity index (χ0v) is 18.5. The van der Waals surface area contributed by atoms with Crippen LogP contribution in [0.1, 0.15) is 72.7 Å². The number of rotatable bonds is 6. The van der Waals surface area contributed by atoms with Crippen LogP contribution in [0.2, 0.25) is 0 Å². The lowest BCUT2D eigenvalue weighted by Crippen LogP contribution is -2.34. The van der Waals surface area contributed by atoms with Gasteiger partial charge in [-0.2, -0.15) is 0 Å². The van der Waals surface area contributed by atoms with Crippen molar-refractivity contribution in [1.82, 2.24) is 9.80 Å². The van der Waals surface area contributed by atoms with Crippen LogP contribution in [0, 0.1) is 6.92 Å². The minimum absolute atomic E-state index is 0.474. The van der Waals surface area contributed by atoms with Crippen LogP contribution in [0.25, 0.3) is 0 Å². The molecule has 2 atom stereocenters. The van der Waals surface area contributed by atoms with E-state index in [4.69, 9.17) is 4.74 Å². The van der Waals surface area contributed by atoms with Gasteiger partial charge in [-0.15, -0.1) is 0 Å². The lowest BCUT2D eigenvalue weighted by Gasteiger charge is -2.38. The van der Waals surface area contributed by atoms with Crippen LogP contribution in [-0.2, 0) is 0 Å². The van der Waals surface area contributed by atoms with Crippen LogP contribution in [-0.4, -0.2) is 49.1 Å². The number of nitrogens with zero attached hydrogens (tertiary/aromatic N) is 2. The van der Waals surface area contributed by atoms with Gasteiger partial charge >= 0.3 is 0 Å². The Morgan fingerprint density at radius 2 is 1.83 bits per heavy atom. The molecule has 0 radical (unpaired) electrons. The van der Waals surface area contributed by atoms with Gasteiger partial charge in [0.2, 0.25) is 0 Å². The standard InChI is InChI=1S/C27H36N2O/c1-21-8-5-9-22(18-21)26-20-29-16-6-10-27(29)25-19-23(11-12-24(25)26)30-17-7-15-28-13-3-2-4-14-28/h5,8-9,11-12,18-19,26-27H,2-4,6-7,10,13-17,20H2,1H3/t26-,27+/m1/s1. The molecule has 0 N–H and O–H groups in total. The highest BCUT2D eigenvalue weighted by Crippen LogP contribution is 2.45. The van der Waals surface area contributed by atoms with E-state index in [1.807, 2.05) is 0 Å². The predicted molar refractivity (Wildman–Crippen MR) is 123 cm³/mol.